The van der Waals surface area contributed by atoms with E-state index in [-0.39, 0.29) is 0 Å². The smallest absolute Gasteiger partial charge is 0.227 e. The van der Waals surface area contributed by atoms with Crippen LogP contribution in [0.15, 0.2) is 4.52 Å². The lowest BCUT2D eigenvalue weighted by atomic mass is 9.99. The van der Waals surface area contributed by atoms with E-state index in [9.17, 15) is 0 Å². The molecule has 2 rings (SSSR count). The Labute approximate surface area is 95.6 Å². The minimum absolute atomic E-state index is 0.464. The fraction of sp³-hybridized carbons (Fsp3) is 0.818. The van der Waals surface area contributed by atoms with Crippen LogP contribution >= 0.6 is 0 Å². The highest BCUT2D eigenvalue weighted by Gasteiger charge is 2.28. The quantitative estimate of drug-likeness (QED) is 0.813. The maximum absolute atomic E-state index is 5.58. The van der Waals surface area contributed by atoms with E-state index in [0.29, 0.717) is 24.2 Å². The van der Waals surface area contributed by atoms with Crippen molar-refractivity contribution in [1.29, 1.82) is 0 Å². The van der Waals surface area contributed by atoms with Crippen LogP contribution in [0.5, 0.6) is 0 Å². The van der Waals surface area contributed by atoms with Crippen molar-refractivity contribution in [3.05, 3.63) is 11.7 Å². The molecule has 1 aromatic heterocycles. The first-order chi connectivity index (χ1) is 7.62. The second-order valence-corrected chi connectivity index (χ2v) is 4.68. The second kappa shape index (κ2) is 4.51. The van der Waals surface area contributed by atoms with E-state index in [2.05, 4.69) is 15.5 Å². The van der Waals surface area contributed by atoms with Crippen LogP contribution in [0, 0.1) is 5.92 Å². The maximum atomic E-state index is 5.58. The van der Waals surface area contributed by atoms with Crippen LogP contribution in [0.3, 0.4) is 0 Å². The van der Waals surface area contributed by atoms with Gasteiger partial charge in [0.05, 0.1) is 0 Å². The summed E-state index contributed by atoms with van der Waals surface area (Å²) < 4.78 is 10.8. The molecule has 5 nitrogen and oxygen atoms in total. The predicted octanol–water partition coefficient (Wildman–Crippen LogP) is 1.10. The molecule has 1 fully saturated rings. The lowest BCUT2D eigenvalue weighted by molar-refractivity contribution is -0.0221. The van der Waals surface area contributed by atoms with Gasteiger partial charge in [-0.15, -0.1) is 0 Å². The predicted molar refractivity (Wildman–Crippen MR) is 59.0 cm³/mol. The van der Waals surface area contributed by atoms with E-state index in [1.54, 1.807) is 0 Å². The van der Waals surface area contributed by atoms with Crippen LogP contribution in [0.4, 0.5) is 0 Å². The third-order valence-corrected chi connectivity index (χ3v) is 2.84. The van der Waals surface area contributed by atoms with E-state index in [1.807, 2.05) is 20.8 Å². The molecule has 0 saturated carbocycles. The van der Waals surface area contributed by atoms with Crippen molar-refractivity contribution in [1.82, 2.24) is 15.5 Å². The standard InChI is InChI=1S/C11H19N3O2/c1-4-15-11(2,3)10-13-9(16-14-10)5-8-6-12-7-8/h8,12H,4-7H2,1-3H3. The maximum Gasteiger partial charge on any atom is 0.227 e. The number of ether oxygens (including phenoxy) is 1. The van der Waals surface area contributed by atoms with Gasteiger partial charge in [-0.3, -0.25) is 0 Å². The van der Waals surface area contributed by atoms with Gasteiger partial charge in [0.15, 0.2) is 0 Å². The zero-order chi connectivity index (χ0) is 11.6. The summed E-state index contributed by atoms with van der Waals surface area (Å²) in [6, 6.07) is 0. The number of aromatic nitrogens is 2. The van der Waals surface area contributed by atoms with Gasteiger partial charge in [-0.2, -0.15) is 4.98 Å². The molecular weight excluding hydrogens is 206 g/mol. The molecule has 0 amide bonds. The average molecular weight is 225 g/mol. The molecular formula is C11H19N3O2. The molecule has 1 aromatic rings. The van der Waals surface area contributed by atoms with E-state index in [4.69, 9.17) is 9.26 Å². The van der Waals surface area contributed by atoms with Gasteiger partial charge < -0.3 is 14.6 Å². The summed E-state index contributed by atoms with van der Waals surface area (Å²) in [4.78, 5) is 4.39. The Balaban J connectivity index is 2.00. The lowest BCUT2D eigenvalue weighted by Crippen LogP contribution is -2.43. The molecule has 0 aliphatic carbocycles. The largest absolute Gasteiger partial charge is 0.368 e. The summed E-state index contributed by atoms with van der Waals surface area (Å²) in [5.41, 5.74) is -0.464. The molecule has 2 heterocycles. The summed E-state index contributed by atoms with van der Waals surface area (Å²) >= 11 is 0. The number of rotatable bonds is 5. The summed E-state index contributed by atoms with van der Waals surface area (Å²) in [6.07, 6.45) is 0.863. The van der Waals surface area contributed by atoms with Gasteiger partial charge in [0.2, 0.25) is 11.7 Å². The van der Waals surface area contributed by atoms with Gasteiger partial charge in [-0.05, 0) is 39.8 Å². The highest BCUT2D eigenvalue weighted by Crippen LogP contribution is 2.22. The molecule has 16 heavy (non-hydrogen) atoms. The molecule has 0 spiro atoms. The third-order valence-electron chi connectivity index (χ3n) is 2.84. The zero-order valence-corrected chi connectivity index (χ0v) is 10.1. The number of nitrogens with one attached hydrogen (secondary N) is 1. The molecule has 5 heteroatoms. The van der Waals surface area contributed by atoms with Crippen LogP contribution < -0.4 is 5.32 Å². The molecule has 1 aliphatic rings. The van der Waals surface area contributed by atoms with E-state index in [0.717, 1.165) is 19.5 Å². The van der Waals surface area contributed by atoms with Gasteiger partial charge in [0, 0.05) is 13.0 Å². The third kappa shape index (κ3) is 2.41. The van der Waals surface area contributed by atoms with Crippen LogP contribution in [-0.2, 0) is 16.8 Å². The Morgan fingerprint density at radius 3 is 2.81 bits per heavy atom. The van der Waals surface area contributed by atoms with Crippen LogP contribution in [-0.4, -0.2) is 29.8 Å². The number of hydrogen-bond acceptors (Lipinski definition) is 5. The molecule has 0 radical (unpaired) electrons. The van der Waals surface area contributed by atoms with Gasteiger partial charge in [-0.25, -0.2) is 0 Å². The highest BCUT2D eigenvalue weighted by atomic mass is 16.5. The monoisotopic (exact) mass is 225 g/mol. The number of nitrogens with zero attached hydrogens (tertiary/aromatic N) is 2. The minimum atomic E-state index is -0.464. The van der Waals surface area contributed by atoms with E-state index < -0.39 is 5.60 Å². The van der Waals surface area contributed by atoms with Crippen molar-refractivity contribution in [2.45, 2.75) is 32.8 Å². The Kier molecular flexibility index (Phi) is 3.25. The van der Waals surface area contributed by atoms with Crippen molar-refractivity contribution >= 4 is 0 Å². The summed E-state index contributed by atoms with van der Waals surface area (Å²) in [5.74, 6) is 1.99. The summed E-state index contributed by atoms with van der Waals surface area (Å²) in [5, 5.41) is 7.21. The van der Waals surface area contributed by atoms with Crippen LogP contribution in [0.25, 0.3) is 0 Å². The van der Waals surface area contributed by atoms with Gasteiger partial charge in [0.25, 0.3) is 0 Å². The normalized spacial score (nSPS) is 17.4. The summed E-state index contributed by atoms with van der Waals surface area (Å²) in [7, 11) is 0. The van der Waals surface area contributed by atoms with Crippen LogP contribution in [0.1, 0.15) is 32.5 Å². The first kappa shape index (κ1) is 11.5. The molecule has 0 aromatic carbocycles. The van der Waals surface area contributed by atoms with Gasteiger partial charge in [-0.1, -0.05) is 5.16 Å². The first-order valence-electron chi connectivity index (χ1n) is 5.79. The molecule has 0 bridgehead atoms. The van der Waals surface area contributed by atoms with Gasteiger partial charge >= 0.3 is 0 Å². The van der Waals surface area contributed by atoms with E-state index >= 15 is 0 Å². The average Bonchev–Trinajstić information content (AvgIpc) is 2.60. The van der Waals surface area contributed by atoms with Crippen molar-refractivity contribution in [2.75, 3.05) is 19.7 Å². The zero-order valence-electron chi connectivity index (χ0n) is 10.1. The molecule has 1 saturated heterocycles. The van der Waals surface area contributed by atoms with Crippen LogP contribution in [0.2, 0.25) is 0 Å². The molecule has 90 valence electrons. The molecule has 0 atom stereocenters. The molecule has 1 aliphatic heterocycles. The van der Waals surface area contributed by atoms with E-state index in [1.165, 1.54) is 0 Å². The Hall–Kier alpha value is -0.940. The van der Waals surface area contributed by atoms with Crippen molar-refractivity contribution in [2.24, 2.45) is 5.92 Å². The second-order valence-electron chi connectivity index (χ2n) is 4.68. The Bertz CT molecular complexity index is 345. The van der Waals surface area contributed by atoms with Crippen molar-refractivity contribution in [3.8, 4) is 0 Å². The number of hydrogen-bond donors (Lipinski definition) is 1. The Morgan fingerprint density at radius 2 is 2.25 bits per heavy atom. The first-order valence-corrected chi connectivity index (χ1v) is 5.79. The minimum Gasteiger partial charge on any atom is -0.368 e. The fourth-order valence-corrected chi connectivity index (χ4v) is 1.75. The lowest BCUT2D eigenvalue weighted by Gasteiger charge is -2.25. The van der Waals surface area contributed by atoms with Crippen molar-refractivity contribution in [3.63, 3.8) is 0 Å². The molecule has 1 N–H and O–H groups in total. The molecule has 0 unspecified atom stereocenters. The SMILES string of the molecule is CCOC(C)(C)c1noc(CC2CNC2)n1. The Morgan fingerprint density at radius 1 is 1.50 bits per heavy atom. The topological polar surface area (TPSA) is 60.2 Å². The van der Waals surface area contributed by atoms with Crippen molar-refractivity contribution < 1.29 is 9.26 Å². The summed E-state index contributed by atoms with van der Waals surface area (Å²) in [6.45, 7) is 8.61. The highest BCUT2D eigenvalue weighted by molar-refractivity contribution is 4.98. The van der Waals surface area contributed by atoms with Gasteiger partial charge in [0.1, 0.15) is 5.60 Å². The fourth-order valence-electron chi connectivity index (χ4n) is 1.75.